The SMILES string of the molecule is N#Cc1ccccc1S(=O)(=O)Nc1ncn[nH]1. The van der Waals surface area contributed by atoms with Crippen LogP contribution in [0.3, 0.4) is 0 Å². The number of nitrogens with one attached hydrogen (secondary N) is 2. The molecular formula is C9H7N5O2S. The van der Waals surface area contributed by atoms with Gasteiger partial charge < -0.3 is 0 Å². The van der Waals surface area contributed by atoms with E-state index in [4.69, 9.17) is 5.26 Å². The van der Waals surface area contributed by atoms with Crippen molar-refractivity contribution >= 4 is 16.0 Å². The minimum atomic E-state index is -3.83. The summed E-state index contributed by atoms with van der Waals surface area (Å²) in [5, 5.41) is 14.7. The van der Waals surface area contributed by atoms with Crippen LogP contribution in [0.4, 0.5) is 5.95 Å². The summed E-state index contributed by atoms with van der Waals surface area (Å²) in [5.74, 6) is -0.00209. The topological polar surface area (TPSA) is 112 Å². The summed E-state index contributed by atoms with van der Waals surface area (Å²) in [6, 6.07) is 7.71. The fourth-order valence-electron chi connectivity index (χ4n) is 1.23. The van der Waals surface area contributed by atoms with Crippen LogP contribution in [0.15, 0.2) is 35.5 Å². The molecule has 0 unspecified atom stereocenters. The van der Waals surface area contributed by atoms with Crippen LogP contribution >= 0.6 is 0 Å². The second-order valence-corrected chi connectivity index (χ2v) is 4.70. The van der Waals surface area contributed by atoms with Gasteiger partial charge in [0.1, 0.15) is 17.3 Å². The first-order chi connectivity index (χ1) is 8.13. The van der Waals surface area contributed by atoms with Gasteiger partial charge in [-0.2, -0.15) is 15.3 Å². The molecule has 0 aliphatic carbocycles. The fourth-order valence-corrected chi connectivity index (χ4v) is 2.35. The Hall–Kier alpha value is -2.40. The van der Waals surface area contributed by atoms with Gasteiger partial charge in [0, 0.05) is 0 Å². The number of sulfonamides is 1. The van der Waals surface area contributed by atoms with Gasteiger partial charge in [0.05, 0.1) is 5.56 Å². The zero-order valence-electron chi connectivity index (χ0n) is 8.45. The number of nitriles is 1. The molecule has 0 amide bonds. The molecule has 8 heteroatoms. The van der Waals surface area contributed by atoms with E-state index in [2.05, 4.69) is 19.9 Å². The van der Waals surface area contributed by atoms with E-state index in [1.807, 2.05) is 6.07 Å². The molecular weight excluding hydrogens is 242 g/mol. The summed E-state index contributed by atoms with van der Waals surface area (Å²) in [6.45, 7) is 0. The zero-order chi connectivity index (χ0) is 12.3. The number of hydrogen-bond donors (Lipinski definition) is 2. The molecule has 0 bridgehead atoms. The first-order valence-electron chi connectivity index (χ1n) is 4.51. The number of nitrogens with zero attached hydrogens (tertiary/aromatic N) is 3. The number of hydrogen-bond acceptors (Lipinski definition) is 5. The summed E-state index contributed by atoms with van der Waals surface area (Å²) in [7, 11) is -3.83. The Morgan fingerprint density at radius 2 is 2.12 bits per heavy atom. The maximum atomic E-state index is 11.9. The van der Waals surface area contributed by atoms with Gasteiger partial charge >= 0.3 is 0 Å². The Balaban J connectivity index is 2.42. The molecule has 0 saturated heterocycles. The smallest absolute Gasteiger partial charge is 0.248 e. The van der Waals surface area contributed by atoms with E-state index in [0.29, 0.717) is 0 Å². The van der Waals surface area contributed by atoms with Crippen molar-refractivity contribution in [3.8, 4) is 6.07 Å². The van der Waals surface area contributed by atoms with Crippen molar-refractivity contribution in [2.24, 2.45) is 0 Å². The lowest BCUT2D eigenvalue weighted by molar-refractivity contribution is 0.600. The van der Waals surface area contributed by atoms with Crippen molar-refractivity contribution in [3.63, 3.8) is 0 Å². The van der Waals surface area contributed by atoms with Crippen LogP contribution in [0.5, 0.6) is 0 Å². The lowest BCUT2D eigenvalue weighted by Crippen LogP contribution is -2.15. The monoisotopic (exact) mass is 249 g/mol. The van der Waals surface area contributed by atoms with Crippen LogP contribution in [0, 0.1) is 11.3 Å². The molecule has 17 heavy (non-hydrogen) atoms. The minimum Gasteiger partial charge on any atom is -0.248 e. The van der Waals surface area contributed by atoms with Crippen LogP contribution < -0.4 is 4.72 Å². The van der Waals surface area contributed by atoms with Crippen LogP contribution in [0.1, 0.15) is 5.56 Å². The third-order valence-electron chi connectivity index (χ3n) is 1.94. The predicted molar refractivity (Wildman–Crippen MR) is 58.3 cm³/mol. The fraction of sp³-hybridized carbons (Fsp3) is 0. The van der Waals surface area contributed by atoms with Gasteiger partial charge in [0.25, 0.3) is 10.0 Å². The van der Waals surface area contributed by atoms with Crippen molar-refractivity contribution in [2.45, 2.75) is 4.90 Å². The molecule has 0 aliphatic heterocycles. The Bertz CT molecular complexity index is 657. The number of benzene rings is 1. The minimum absolute atomic E-state index is 0.00209. The highest BCUT2D eigenvalue weighted by atomic mass is 32.2. The molecule has 1 aromatic carbocycles. The molecule has 0 fully saturated rings. The zero-order valence-corrected chi connectivity index (χ0v) is 9.27. The number of rotatable bonds is 3. The molecule has 2 rings (SSSR count). The Labute approximate surface area is 97.2 Å². The second kappa shape index (κ2) is 4.23. The first kappa shape index (κ1) is 11.1. The average Bonchev–Trinajstić information content (AvgIpc) is 2.81. The van der Waals surface area contributed by atoms with Crippen LogP contribution in [-0.2, 0) is 10.0 Å². The van der Waals surface area contributed by atoms with E-state index in [9.17, 15) is 8.42 Å². The van der Waals surface area contributed by atoms with Crippen LogP contribution in [0.2, 0.25) is 0 Å². The van der Waals surface area contributed by atoms with E-state index >= 15 is 0 Å². The van der Waals surface area contributed by atoms with Crippen LogP contribution in [0.25, 0.3) is 0 Å². The van der Waals surface area contributed by atoms with Crippen molar-refractivity contribution in [2.75, 3.05) is 4.72 Å². The summed E-state index contributed by atoms with van der Waals surface area (Å²) in [6.07, 6.45) is 1.17. The summed E-state index contributed by atoms with van der Waals surface area (Å²) in [4.78, 5) is 3.54. The molecule has 0 atom stereocenters. The predicted octanol–water partition coefficient (Wildman–Crippen LogP) is 0.477. The Morgan fingerprint density at radius 3 is 2.76 bits per heavy atom. The largest absolute Gasteiger partial charge is 0.265 e. The van der Waals surface area contributed by atoms with E-state index in [-0.39, 0.29) is 16.4 Å². The standard InChI is InChI=1S/C9H7N5O2S/c10-5-7-3-1-2-4-8(7)17(15,16)14-9-11-6-12-13-9/h1-4,6H,(H2,11,12,13,14). The van der Waals surface area contributed by atoms with Gasteiger partial charge in [-0.25, -0.2) is 18.2 Å². The van der Waals surface area contributed by atoms with Gasteiger partial charge in [-0.05, 0) is 12.1 Å². The van der Waals surface area contributed by atoms with E-state index in [1.165, 1.54) is 24.5 Å². The molecule has 0 aliphatic rings. The van der Waals surface area contributed by atoms with Crippen molar-refractivity contribution in [1.29, 1.82) is 5.26 Å². The van der Waals surface area contributed by atoms with Gasteiger partial charge in [-0.3, -0.25) is 0 Å². The normalized spacial score (nSPS) is 10.8. The highest BCUT2D eigenvalue weighted by Gasteiger charge is 2.19. The van der Waals surface area contributed by atoms with E-state index in [1.54, 1.807) is 6.07 Å². The van der Waals surface area contributed by atoms with Crippen molar-refractivity contribution < 1.29 is 8.42 Å². The van der Waals surface area contributed by atoms with Gasteiger partial charge in [-0.15, -0.1) is 0 Å². The molecule has 7 nitrogen and oxygen atoms in total. The quantitative estimate of drug-likeness (QED) is 0.821. The lowest BCUT2D eigenvalue weighted by atomic mass is 10.2. The second-order valence-electron chi connectivity index (χ2n) is 3.05. The van der Waals surface area contributed by atoms with Gasteiger partial charge in [0.15, 0.2) is 0 Å². The van der Waals surface area contributed by atoms with E-state index < -0.39 is 10.0 Å². The van der Waals surface area contributed by atoms with Gasteiger partial charge in [0.2, 0.25) is 5.95 Å². The van der Waals surface area contributed by atoms with Crippen molar-refractivity contribution in [3.05, 3.63) is 36.2 Å². The Kier molecular flexibility index (Phi) is 2.76. The maximum absolute atomic E-state index is 11.9. The molecule has 2 aromatic rings. The molecule has 0 radical (unpaired) electrons. The van der Waals surface area contributed by atoms with Crippen LogP contribution in [-0.4, -0.2) is 23.6 Å². The number of aromatic nitrogens is 3. The lowest BCUT2D eigenvalue weighted by Gasteiger charge is -2.05. The van der Waals surface area contributed by atoms with E-state index in [0.717, 1.165) is 0 Å². The Morgan fingerprint density at radius 1 is 1.35 bits per heavy atom. The van der Waals surface area contributed by atoms with Crippen molar-refractivity contribution in [1.82, 2.24) is 15.2 Å². The number of aromatic amines is 1. The highest BCUT2D eigenvalue weighted by molar-refractivity contribution is 7.92. The summed E-state index contributed by atoms with van der Waals surface area (Å²) >= 11 is 0. The van der Waals surface area contributed by atoms with Gasteiger partial charge in [-0.1, -0.05) is 12.1 Å². The summed E-state index contributed by atoms with van der Waals surface area (Å²) in [5.41, 5.74) is 0.0690. The average molecular weight is 249 g/mol. The molecule has 1 heterocycles. The number of anilines is 1. The summed E-state index contributed by atoms with van der Waals surface area (Å²) < 4.78 is 26.0. The molecule has 86 valence electrons. The maximum Gasteiger partial charge on any atom is 0.265 e. The highest BCUT2D eigenvalue weighted by Crippen LogP contribution is 2.16. The first-order valence-corrected chi connectivity index (χ1v) is 5.99. The molecule has 0 saturated carbocycles. The molecule has 1 aromatic heterocycles. The molecule has 0 spiro atoms. The third-order valence-corrected chi connectivity index (χ3v) is 3.34. The third kappa shape index (κ3) is 2.24. The molecule has 2 N–H and O–H groups in total. The number of H-pyrrole nitrogens is 1.